The van der Waals surface area contributed by atoms with E-state index in [4.69, 9.17) is 17.3 Å². The van der Waals surface area contributed by atoms with Crippen molar-refractivity contribution in [2.75, 3.05) is 5.73 Å². The molecule has 0 saturated heterocycles. The number of rotatable bonds is 1. The van der Waals surface area contributed by atoms with E-state index in [1.807, 2.05) is 50.2 Å². The van der Waals surface area contributed by atoms with Gasteiger partial charge < -0.3 is 5.73 Å². The van der Waals surface area contributed by atoms with Crippen molar-refractivity contribution in [3.63, 3.8) is 0 Å². The van der Waals surface area contributed by atoms with Crippen molar-refractivity contribution in [1.29, 1.82) is 0 Å². The molecular formula is C16H14ClN3. The SMILES string of the molecule is Cc1ccc(-c2nc(N)c3c(C)cccc3n2)c(Cl)c1. The Bertz CT molecular complexity index is 812. The first kappa shape index (κ1) is 12.9. The lowest BCUT2D eigenvalue weighted by Crippen LogP contribution is -1.99. The highest BCUT2D eigenvalue weighted by Gasteiger charge is 2.11. The number of anilines is 1. The van der Waals surface area contributed by atoms with E-state index in [1.54, 1.807) is 0 Å². The van der Waals surface area contributed by atoms with E-state index < -0.39 is 0 Å². The van der Waals surface area contributed by atoms with E-state index in [9.17, 15) is 0 Å². The van der Waals surface area contributed by atoms with Gasteiger partial charge in [-0.15, -0.1) is 0 Å². The number of fused-ring (bicyclic) bond motifs is 1. The van der Waals surface area contributed by atoms with Gasteiger partial charge >= 0.3 is 0 Å². The topological polar surface area (TPSA) is 51.8 Å². The number of nitrogen functional groups attached to an aromatic ring is 1. The molecule has 20 heavy (non-hydrogen) atoms. The van der Waals surface area contributed by atoms with Gasteiger partial charge in [0.05, 0.1) is 10.5 Å². The molecule has 0 unspecified atom stereocenters. The molecule has 1 heterocycles. The molecule has 2 N–H and O–H groups in total. The van der Waals surface area contributed by atoms with Gasteiger partial charge in [0.15, 0.2) is 5.82 Å². The molecule has 2 aromatic carbocycles. The molecule has 3 aromatic rings. The second kappa shape index (κ2) is 4.76. The van der Waals surface area contributed by atoms with Gasteiger partial charge in [-0.05, 0) is 43.2 Å². The highest BCUT2D eigenvalue weighted by atomic mass is 35.5. The molecule has 1 aromatic heterocycles. The second-order valence-corrected chi connectivity index (χ2v) is 5.29. The summed E-state index contributed by atoms with van der Waals surface area (Å²) in [4.78, 5) is 8.99. The lowest BCUT2D eigenvalue weighted by molar-refractivity contribution is 1.23. The first-order valence-corrected chi connectivity index (χ1v) is 6.73. The van der Waals surface area contributed by atoms with Crippen LogP contribution in [-0.4, -0.2) is 9.97 Å². The number of benzene rings is 2. The molecule has 0 fully saturated rings. The maximum atomic E-state index is 6.28. The first-order chi connectivity index (χ1) is 9.56. The summed E-state index contributed by atoms with van der Waals surface area (Å²) in [7, 11) is 0. The van der Waals surface area contributed by atoms with Crippen LogP contribution in [0.5, 0.6) is 0 Å². The third-order valence-corrected chi connectivity index (χ3v) is 3.64. The number of aryl methyl sites for hydroxylation is 2. The zero-order valence-corrected chi connectivity index (χ0v) is 12.1. The van der Waals surface area contributed by atoms with Crippen molar-refractivity contribution in [2.24, 2.45) is 0 Å². The zero-order valence-electron chi connectivity index (χ0n) is 11.3. The third kappa shape index (κ3) is 2.10. The predicted molar refractivity (Wildman–Crippen MR) is 83.9 cm³/mol. The van der Waals surface area contributed by atoms with Crippen LogP contribution in [0, 0.1) is 13.8 Å². The molecule has 0 saturated carbocycles. The van der Waals surface area contributed by atoms with Gasteiger partial charge in [-0.3, -0.25) is 0 Å². The molecule has 0 atom stereocenters. The van der Waals surface area contributed by atoms with Crippen LogP contribution in [0.3, 0.4) is 0 Å². The Morgan fingerprint density at radius 1 is 1.05 bits per heavy atom. The minimum atomic E-state index is 0.486. The Balaban J connectivity index is 2.28. The van der Waals surface area contributed by atoms with Crippen LogP contribution in [-0.2, 0) is 0 Å². The van der Waals surface area contributed by atoms with E-state index in [0.29, 0.717) is 16.7 Å². The van der Waals surface area contributed by atoms with Crippen molar-refractivity contribution in [2.45, 2.75) is 13.8 Å². The summed E-state index contributed by atoms with van der Waals surface area (Å²) in [5.41, 5.74) is 9.89. The van der Waals surface area contributed by atoms with Gasteiger partial charge in [0.1, 0.15) is 5.82 Å². The molecule has 0 bridgehead atoms. The summed E-state index contributed by atoms with van der Waals surface area (Å²) < 4.78 is 0. The highest BCUT2D eigenvalue weighted by molar-refractivity contribution is 6.33. The number of aromatic nitrogens is 2. The van der Waals surface area contributed by atoms with Crippen molar-refractivity contribution in [1.82, 2.24) is 9.97 Å². The van der Waals surface area contributed by atoms with Crippen LogP contribution in [0.4, 0.5) is 5.82 Å². The number of hydrogen-bond acceptors (Lipinski definition) is 3. The van der Waals surface area contributed by atoms with E-state index >= 15 is 0 Å². The summed E-state index contributed by atoms with van der Waals surface area (Å²) in [5, 5.41) is 1.54. The van der Waals surface area contributed by atoms with E-state index in [-0.39, 0.29) is 0 Å². The molecule has 0 aliphatic heterocycles. The van der Waals surface area contributed by atoms with Crippen molar-refractivity contribution in [3.05, 3.63) is 52.5 Å². The maximum absolute atomic E-state index is 6.28. The van der Waals surface area contributed by atoms with Gasteiger partial charge in [0.2, 0.25) is 0 Å². The average molecular weight is 284 g/mol. The van der Waals surface area contributed by atoms with E-state index in [2.05, 4.69) is 9.97 Å². The van der Waals surface area contributed by atoms with Crippen LogP contribution in [0.2, 0.25) is 5.02 Å². The van der Waals surface area contributed by atoms with Gasteiger partial charge in [0, 0.05) is 10.9 Å². The van der Waals surface area contributed by atoms with Crippen LogP contribution < -0.4 is 5.73 Å². The molecular weight excluding hydrogens is 270 g/mol. The van der Waals surface area contributed by atoms with E-state index in [1.165, 1.54) is 0 Å². The number of halogens is 1. The molecule has 4 heteroatoms. The molecule has 3 nitrogen and oxygen atoms in total. The monoisotopic (exact) mass is 283 g/mol. The summed E-state index contributed by atoms with van der Waals surface area (Å²) in [6, 6.07) is 11.7. The second-order valence-electron chi connectivity index (χ2n) is 4.88. The van der Waals surface area contributed by atoms with Crippen LogP contribution >= 0.6 is 11.6 Å². The fourth-order valence-electron chi connectivity index (χ4n) is 2.31. The Morgan fingerprint density at radius 2 is 1.85 bits per heavy atom. The van der Waals surface area contributed by atoms with Crippen LogP contribution in [0.1, 0.15) is 11.1 Å². The van der Waals surface area contributed by atoms with Gasteiger partial charge in [0.25, 0.3) is 0 Å². The van der Waals surface area contributed by atoms with Crippen molar-refractivity contribution >= 4 is 28.3 Å². The summed E-state index contributed by atoms with van der Waals surface area (Å²) in [6.07, 6.45) is 0. The molecule has 0 aliphatic carbocycles. The summed E-state index contributed by atoms with van der Waals surface area (Å²) in [6.45, 7) is 4.00. The number of hydrogen-bond donors (Lipinski definition) is 1. The first-order valence-electron chi connectivity index (χ1n) is 6.35. The van der Waals surface area contributed by atoms with Gasteiger partial charge in [-0.25, -0.2) is 9.97 Å². The van der Waals surface area contributed by atoms with Crippen LogP contribution in [0.15, 0.2) is 36.4 Å². The molecule has 3 rings (SSSR count). The Labute approximate surface area is 122 Å². The third-order valence-electron chi connectivity index (χ3n) is 3.33. The van der Waals surface area contributed by atoms with E-state index in [0.717, 1.165) is 27.6 Å². The molecule has 0 radical (unpaired) electrons. The smallest absolute Gasteiger partial charge is 0.163 e. The molecule has 0 aliphatic rings. The van der Waals surface area contributed by atoms with Crippen LogP contribution in [0.25, 0.3) is 22.3 Å². The molecule has 100 valence electrons. The van der Waals surface area contributed by atoms with Crippen molar-refractivity contribution < 1.29 is 0 Å². The minimum Gasteiger partial charge on any atom is -0.383 e. The van der Waals surface area contributed by atoms with Crippen molar-refractivity contribution in [3.8, 4) is 11.4 Å². The zero-order chi connectivity index (χ0) is 14.3. The number of nitrogens with two attached hydrogens (primary N) is 1. The maximum Gasteiger partial charge on any atom is 0.163 e. The molecule has 0 amide bonds. The Kier molecular flexibility index (Phi) is 3.07. The quantitative estimate of drug-likeness (QED) is 0.730. The lowest BCUT2D eigenvalue weighted by atomic mass is 10.1. The summed E-state index contributed by atoms with van der Waals surface area (Å²) >= 11 is 6.28. The predicted octanol–water partition coefficient (Wildman–Crippen LogP) is 4.15. The molecule has 0 spiro atoms. The highest BCUT2D eigenvalue weighted by Crippen LogP contribution is 2.30. The fraction of sp³-hybridized carbons (Fsp3) is 0.125. The van der Waals surface area contributed by atoms with Gasteiger partial charge in [-0.1, -0.05) is 29.8 Å². The largest absolute Gasteiger partial charge is 0.383 e. The Morgan fingerprint density at radius 3 is 2.60 bits per heavy atom. The standard InChI is InChI=1S/C16H14ClN3/c1-9-6-7-11(12(17)8-9)16-19-13-5-3-4-10(2)14(13)15(18)20-16/h3-8H,1-2H3,(H2,18,19,20). The number of nitrogens with zero attached hydrogens (tertiary/aromatic N) is 2. The average Bonchev–Trinajstić information content (AvgIpc) is 2.38. The normalized spacial score (nSPS) is 10.9. The fourth-order valence-corrected chi connectivity index (χ4v) is 2.63. The lowest BCUT2D eigenvalue weighted by Gasteiger charge is -2.09. The Hall–Kier alpha value is -2.13. The van der Waals surface area contributed by atoms with Gasteiger partial charge in [-0.2, -0.15) is 0 Å². The summed E-state index contributed by atoms with van der Waals surface area (Å²) in [5.74, 6) is 1.05. The minimum absolute atomic E-state index is 0.486.